The molecule has 174 valence electrons. The average molecular weight is 447 g/mol. The van der Waals surface area contributed by atoms with E-state index in [2.05, 4.69) is 19.9 Å². The van der Waals surface area contributed by atoms with Gasteiger partial charge in [0, 0.05) is 5.41 Å². The Balaban J connectivity index is 1.42. The third kappa shape index (κ3) is 3.38. The quantitative estimate of drug-likeness (QED) is 0.491. The van der Waals surface area contributed by atoms with Gasteiger partial charge in [-0.1, -0.05) is 43.7 Å². The summed E-state index contributed by atoms with van der Waals surface area (Å²) in [6, 6.07) is 5.23. The van der Waals surface area contributed by atoms with Crippen molar-refractivity contribution in [2.45, 2.75) is 77.2 Å². The molecule has 4 aliphatic rings. The molecule has 5 heteroatoms. The Morgan fingerprint density at radius 2 is 1.69 bits per heavy atom. The minimum Gasteiger partial charge on any atom is -0.393 e. The predicted octanol–water partition coefficient (Wildman–Crippen LogP) is 6.38. The van der Waals surface area contributed by atoms with Gasteiger partial charge in [-0.2, -0.15) is 13.2 Å². The highest BCUT2D eigenvalue weighted by molar-refractivity contribution is 5.56. The fourth-order valence-electron chi connectivity index (χ4n) is 7.62. The van der Waals surface area contributed by atoms with Crippen LogP contribution in [0.5, 0.6) is 0 Å². The van der Waals surface area contributed by atoms with Gasteiger partial charge < -0.3 is 10.2 Å². The molecule has 0 aliphatic heterocycles. The Morgan fingerprint density at radius 1 is 0.969 bits per heavy atom. The summed E-state index contributed by atoms with van der Waals surface area (Å²) in [7, 11) is 0. The van der Waals surface area contributed by atoms with E-state index in [0.29, 0.717) is 23.3 Å². The van der Waals surface area contributed by atoms with Crippen LogP contribution >= 0.6 is 0 Å². The molecule has 0 saturated heterocycles. The second kappa shape index (κ2) is 7.46. The summed E-state index contributed by atoms with van der Waals surface area (Å²) in [6.45, 7) is 4.59. The van der Waals surface area contributed by atoms with Crippen molar-refractivity contribution < 1.29 is 23.4 Å². The first-order valence-corrected chi connectivity index (χ1v) is 12.0. The van der Waals surface area contributed by atoms with E-state index in [9.17, 15) is 23.4 Å². The van der Waals surface area contributed by atoms with Crippen molar-refractivity contribution in [3.8, 4) is 0 Å². The van der Waals surface area contributed by atoms with Gasteiger partial charge in [0.15, 0.2) is 0 Å². The first-order valence-electron chi connectivity index (χ1n) is 12.0. The van der Waals surface area contributed by atoms with Gasteiger partial charge in [-0.05, 0) is 91.4 Å². The van der Waals surface area contributed by atoms with Crippen molar-refractivity contribution in [2.24, 2.45) is 28.6 Å². The molecule has 0 unspecified atom stereocenters. The Hall–Kier alpha value is -1.59. The van der Waals surface area contributed by atoms with Crippen LogP contribution in [0, 0.1) is 28.6 Å². The van der Waals surface area contributed by atoms with E-state index < -0.39 is 17.8 Å². The highest BCUT2D eigenvalue weighted by Crippen LogP contribution is 2.65. The molecule has 0 spiro atoms. The lowest BCUT2D eigenvalue weighted by atomic mass is 9.48. The smallest absolute Gasteiger partial charge is 0.393 e. The zero-order chi connectivity index (χ0) is 22.9. The van der Waals surface area contributed by atoms with Crippen molar-refractivity contribution in [1.29, 1.82) is 0 Å². The van der Waals surface area contributed by atoms with Crippen molar-refractivity contribution >= 4 is 6.08 Å². The number of aliphatic hydroxyl groups is 2. The predicted molar refractivity (Wildman–Crippen MR) is 119 cm³/mol. The summed E-state index contributed by atoms with van der Waals surface area (Å²) in [4.78, 5) is 0. The van der Waals surface area contributed by atoms with Gasteiger partial charge in [0.1, 0.15) is 0 Å². The van der Waals surface area contributed by atoms with E-state index in [1.807, 2.05) is 6.08 Å². The molecular formula is C27H33F3O2. The fraction of sp³-hybridized carbons (Fsp3) is 0.630. The maximum absolute atomic E-state index is 12.9. The van der Waals surface area contributed by atoms with Crippen LogP contribution in [0.3, 0.4) is 0 Å². The SMILES string of the molecule is C[C@]12CC[C@H]3[C@@H](CC=C4C[C@H](O)CC[C@@]43C)[C@@H]1C/C(=C\c1ccc(C(F)(F)F)cc1)[C@H]2O. The molecule has 2 N–H and O–H groups in total. The summed E-state index contributed by atoms with van der Waals surface area (Å²) >= 11 is 0. The van der Waals surface area contributed by atoms with Crippen LogP contribution in [-0.4, -0.2) is 22.4 Å². The Kier molecular flexibility index (Phi) is 5.18. The van der Waals surface area contributed by atoms with Crippen LogP contribution in [0.25, 0.3) is 6.08 Å². The maximum Gasteiger partial charge on any atom is 0.416 e. The largest absolute Gasteiger partial charge is 0.416 e. The first-order chi connectivity index (χ1) is 15.0. The topological polar surface area (TPSA) is 40.5 Å². The van der Waals surface area contributed by atoms with Gasteiger partial charge in [0.05, 0.1) is 17.8 Å². The van der Waals surface area contributed by atoms with Gasteiger partial charge in [-0.15, -0.1) is 0 Å². The van der Waals surface area contributed by atoms with Gasteiger partial charge in [-0.25, -0.2) is 0 Å². The molecule has 32 heavy (non-hydrogen) atoms. The highest BCUT2D eigenvalue weighted by atomic mass is 19.4. The molecule has 0 bridgehead atoms. The molecule has 0 amide bonds. The lowest BCUT2D eigenvalue weighted by Crippen LogP contribution is -2.51. The molecule has 4 aliphatic carbocycles. The standard InChI is InChI=1S/C27H33F3O2/c1-25-11-9-20(31)15-19(25)7-8-21-22(25)10-12-26(2)23(21)14-17(24(26)32)13-16-3-5-18(6-4-16)27(28,29)30/h3-7,13,20-24,31-32H,8-12,14-15H2,1-2H3/b17-13+/t20-,21-,22+,23+,24-,25+,26+/m1/s1. The normalized spacial score (nSPS) is 42.8. The van der Waals surface area contributed by atoms with E-state index >= 15 is 0 Å². The number of hydrogen-bond acceptors (Lipinski definition) is 2. The Labute approximate surface area is 188 Å². The van der Waals surface area contributed by atoms with Gasteiger partial charge in [0.2, 0.25) is 0 Å². The summed E-state index contributed by atoms with van der Waals surface area (Å²) in [5.74, 6) is 1.45. The second-order valence-corrected chi connectivity index (χ2v) is 11.1. The van der Waals surface area contributed by atoms with E-state index in [0.717, 1.165) is 62.7 Å². The van der Waals surface area contributed by atoms with Gasteiger partial charge >= 0.3 is 6.18 Å². The summed E-state index contributed by atoms with van der Waals surface area (Å²) < 4.78 is 38.7. The highest BCUT2D eigenvalue weighted by Gasteiger charge is 2.59. The van der Waals surface area contributed by atoms with Crippen molar-refractivity contribution in [3.05, 3.63) is 52.6 Å². The molecule has 3 saturated carbocycles. The summed E-state index contributed by atoms with van der Waals surface area (Å²) in [5, 5.41) is 21.5. The number of allylic oxidation sites excluding steroid dienone is 1. The molecule has 7 atom stereocenters. The molecule has 2 nitrogen and oxygen atoms in total. The minimum absolute atomic E-state index is 0.147. The molecule has 0 heterocycles. The summed E-state index contributed by atoms with van der Waals surface area (Å²) in [5.41, 5.74) is 2.41. The third-order valence-corrected chi connectivity index (χ3v) is 9.54. The molecule has 1 aromatic rings. The van der Waals surface area contributed by atoms with Crippen LogP contribution in [0.1, 0.15) is 69.9 Å². The van der Waals surface area contributed by atoms with Crippen LogP contribution in [-0.2, 0) is 6.18 Å². The van der Waals surface area contributed by atoms with Crippen LogP contribution < -0.4 is 0 Å². The second-order valence-electron chi connectivity index (χ2n) is 11.1. The van der Waals surface area contributed by atoms with Crippen LogP contribution in [0.15, 0.2) is 41.5 Å². The molecule has 0 aromatic heterocycles. The van der Waals surface area contributed by atoms with Gasteiger partial charge in [0.25, 0.3) is 0 Å². The Morgan fingerprint density at radius 3 is 2.38 bits per heavy atom. The zero-order valence-electron chi connectivity index (χ0n) is 18.8. The maximum atomic E-state index is 12.9. The van der Waals surface area contributed by atoms with Crippen LogP contribution in [0.4, 0.5) is 13.2 Å². The van der Waals surface area contributed by atoms with E-state index in [1.165, 1.54) is 17.7 Å². The fourth-order valence-corrected chi connectivity index (χ4v) is 7.62. The average Bonchev–Trinajstić information content (AvgIpc) is 2.99. The number of benzene rings is 1. The van der Waals surface area contributed by atoms with Crippen molar-refractivity contribution in [3.63, 3.8) is 0 Å². The van der Waals surface area contributed by atoms with Crippen molar-refractivity contribution in [2.75, 3.05) is 0 Å². The molecule has 3 fully saturated rings. The van der Waals surface area contributed by atoms with E-state index in [4.69, 9.17) is 0 Å². The zero-order valence-corrected chi connectivity index (χ0v) is 18.8. The van der Waals surface area contributed by atoms with Crippen LogP contribution in [0.2, 0.25) is 0 Å². The number of fused-ring (bicyclic) bond motifs is 5. The molecule has 5 rings (SSSR count). The number of halogens is 3. The first kappa shape index (κ1) is 22.2. The van der Waals surface area contributed by atoms with Crippen molar-refractivity contribution in [1.82, 2.24) is 0 Å². The van der Waals surface area contributed by atoms with E-state index in [-0.39, 0.29) is 16.9 Å². The third-order valence-electron chi connectivity index (χ3n) is 9.54. The van der Waals surface area contributed by atoms with E-state index in [1.54, 1.807) is 0 Å². The number of alkyl halides is 3. The lowest BCUT2D eigenvalue weighted by Gasteiger charge is -2.57. The number of rotatable bonds is 1. The number of aliphatic hydroxyl groups excluding tert-OH is 2. The Bertz CT molecular complexity index is 947. The molecule has 0 radical (unpaired) electrons. The lowest BCUT2D eigenvalue weighted by molar-refractivity contribution is -0.137. The summed E-state index contributed by atoms with van der Waals surface area (Å²) in [6.07, 6.45) is 5.73. The monoisotopic (exact) mass is 446 g/mol. The molecular weight excluding hydrogens is 413 g/mol. The minimum atomic E-state index is -4.34. The number of hydrogen-bond donors (Lipinski definition) is 2. The van der Waals surface area contributed by atoms with Gasteiger partial charge in [-0.3, -0.25) is 0 Å². The molecule has 1 aromatic carbocycles.